The Bertz CT molecular complexity index is 1060. The second-order valence-corrected chi connectivity index (χ2v) is 6.92. The molecule has 0 fully saturated rings. The summed E-state index contributed by atoms with van der Waals surface area (Å²) < 4.78 is 9.89. The van der Waals surface area contributed by atoms with Crippen LogP contribution < -0.4 is 15.0 Å². The Balaban J connectivity index is 1.41. The van der Waals surface area contributed by atoms with Crippen LogP contribution in [0.15, 0.2) is 72.8 Å². The normalized spacial score (nSPS) is 12.2. The standard InChI is InChI=1S/C24H22N2O4/c1-29-23(27)16-30-21-7-4-6-18(15-21)24(28)25-19-9-11-20(12-10-19)26-14-13-17-5-2-3-8-22(17)26/h2-12,15H,13-14,16H2,1H3,(H,25,28). The first-order chi connectivity index (χ1) is 14.6. The number of carbonyl (C=O) groups excluding carboxylic acids is 2. The predicted molar refractivity (Wildman–Crippen MR) is 116 cm³/mol. The Morgan fingerprint density at radius 3 is 2.60 bits per heavy atom. The number of ether oxygens (including phenoxy) is 2. The summed E-state index contributed by atoms with van der Waals surface area (Å²) in [5, 5.41) is 2.89. The molecule has 0 bridgehead atoms. The van der Waals surface area contributed by atoms with Gasteiger partial charge in [0.25, 0.3) is 5.91 Å². The molecule has 0 spiro atoms. The molecule has 0 aliphatic carbocycles. The Kier molecular flexibility index (Phi) is 5.66. The maximum absolute atomic E-state index is 12.6. The number of rotatable bonds is 6. The fourth-order valence-corrected chi connectivity index (χ4v) is 3.46. The summed E-state index contributed by atoms with van der Waals surface area (Å²) in [4.78, 5) is 26.1. The Morgan fingerprint density at radius 1 is 1.00 bits per heavy atom. The number of hydrogen-bond acceptors (Lipinski definition) is 5. The molecule has 1 N–H and O–H groups in total. The molecule has 152 valence electrons. The highest BCUT2D eigenvalue weighted by molar-refractivity contribution is 6.04. The molecule has 0 aromatic heterocycles. The minimum atomic E-state index is -0.481. The molecule has 0 unspecified atom stereocenters. The van der Waals surface area contributed by atoms with Crippen LogP contribution in [0.1, 0.15) is 15.9 Å². The van der Waals surface area contributed by atoms with Crippen molar-refractivity contribution in [3.05, 3.63) is 83.9 Å². The number of carbonyl (C=O) groups is 2. The van der Waals surface area contributed by atoms with Crippen molar-refractivity contribution in [2.45, 2.75) is 6.42 Å². The number of para-hydroxylation sites is 1. The van der Waals surface area contributed by atoms with E-state index in [0.29, 0.717) is 17.0 Å². The number of esters is 1. The molecular weight excluding hydrogens is 380 g/mol. The number of fused-ring (bicyclic) bond motifs is 1. The van der Waals surface area contributed by atoms with E-state index < -0.39 is 5.97 Å². The average molecular weight is 402 g/mol. The molecule has 0 saturated heterocycles. The minimum Gasteiger partial charge on any atom is -0.482 e. The third kappa shape index (κ3) is 4.27. The van der Waals surface area contributed by atoms with Gasteiger partial charge in [0.05, 0.1) is 7.11 Å². The van der Waals surface area contributed by atoms with E-state index in [9.17, 15) is 9.59 Å². The van der Waals surface area contributed by atoms with Crippen LogP contribution in [0, 0.1) is 0 Å². The second-order valence-electron chi connectivity index (χ2n) is 6.92. The smallest absolute Gasteiger partial charge is 0.343 e. The van der Waals surface area contributed by atoms with Crippen molar-refractivity contribution in [1.82, 2.24) is 0 Å². The molecule has 4 rings (SSSR count). The predicted octanol–water partition coefficient (Wildman–Crippen LogP) is 4.18. The van der Waals surface area contributed by atoms with Gasteiger partial charge in [-0.05, 0) is 60.5 Å². The molecule has 0 radical (unpaired) electrons. The molecule has 1 amide bonds. The van der Waals surface area contributed by atoms with E-state index in [1.54, 1.807) is 24.3 Å². The van der Waals surface area contributed by atoms with Gasteiger partial charge in [-0.1, -0.05) is 24.3 Å². The summed E-state index contributed by atoms with van der Waals surface area (Å²) in [6.07, 6.45) is 1.03. The van der Waals surface area contributed by atoms with E-state index in [2.05, 4.69) is 39.2 Å². The topological polar surface area (TPSA) is 67.9 Å². The lowest BCUT2D eigenvalue weighted by atomic mass is 10.1. The largest absolute Gasteiger partial charge is 0.482 e. The molecule has 0 saturated carbocycles. The maximum Gasteiger partial charge on any atom is 0.343 e. The van der Waals surface area contributed by atoms with Gasteiger partial charge in [-0.25, -0.2) is 4.79 Å². The van der Waals surface area contributed by atoms with Crippen molar-refractivity contribution in [1.29, 1.82) is 0 Å². The van der Waals surface area contributed by atoms with Crippen LogP contribution in [0.5, 0.6) is 5.75 Å². The van der Waals surface area contributed by atoms with Crippen molar-refractivity contribution < 1.29 is 19.1 Å². The van der Waals surface area contributed by atoms with Gasteiger partial charge < -0.3 is 19.7 Å². The summed E-state index contributed by atoms with van der Waals surface area (Å²) in [5.41, 5.74) is 4.82. The number of anilines is 3. The van der Waals surface area contributed by atoms with Crippen molar-refractivity contribution in [3.63, 3.8) is 0 Å². The molecule has 0 atom stereocenters. The first-order valence-corrected chi connectivity index (χ1v) is 9.70. The van der Waals surface area contributed by atoms with Crippen molar-refractivity contribution in [2.75, 3.05) is 30.5 Å². The quantitative estimate of drug-likeness (QED) is 0.627. The first-order valence-electron chi connectivity index (χ1n) is 9.70. The van der Waals surface area contributed by atoms with Gasteiger partial charge in [-0.3, -0.25) is 4.79 Å². The van der Waals surface area contributed by atoms with E-state index in [4.69, 9.17) is 4.74 Å². The third-order valence-corrected chi connectivity index (χ3v) is 5.00. The van der Waals surface area contributed by atoms with Crippen LogP contribution in [0.25, 0.3) is 0 Å². The summed E-state index contributed by atoms with van der Waals surface area (Å²) in [6.45, 7) is 0.742. The lowest BCUT2D eigenvalue weighted by molar-refractivity contribution is -0.142. The van der Waals surface area contributed by atoms with Gasteiger partial charge in [0, 0.05) is 29.2 Å². The zero-order valence-electron chi connectivity index (χ0n) is 16.6. The molecule has 6 nitrogen and oxygen atoms in total. The highest BCUT2D eigenvalue weighted by Gasteiger charge is 2.19. The van der Waals surface area contributed by atoms with Gasteiger partial charge in [-0.2, -0.15) is 0 Å². The number of nitrogens with one attached hydrogen (secondary N) is 1. The van der Waals surface area contributed by atoms with Gasteiger partial charge in [0.1, 0.15) is 5.75 Å². The Labute approximate surface area is 175 Å². The van der Waals surface area contributed by atoms with Crippen LogP contribution >= 0.6 is 0 Å². The number of benzene rings is 3. The molecule has 30 heavy (non-hydrogen) atoms. The molecule has 3 aromatic carbocycles. The van der Waals surface area contributed by atoms with Crippen LogP contribution in [0.3, 0.4) is 0 Å². The highest BCUT2D eigenvalue weighted by atomic mass is 16.6. The maximum atomic E-state index is 12.6. The summed E-state index contributed by atoms with van der Waals surface area (Å²) >= 11 is 0. The molecule has 1 heterocycles. The fourth-order valence-electron chi connectivity index (χ4n) is 3.46. The van der Waals surface area contributed by atoms with E-state index in [1.165, 1.54) is 18.4 Å². The van der Waals surface area contributed by atoms with E-state index in [1.807, 2.05) is 24.3 Å². The van der Waals surface area contributed by atoms with Gasteiger partial charge in [0.2, 0.25) is 0 Å². The lowest BCUT2D eigenvalue weighted by Gasteiger charge is -2.20. The van der Waals surface area contributed by atoms with E-state index in [-0.39, 0.29) is 12.5 Å². The van der Waals surface area contributed by atoms with Crippen LogP contribution in [-0.4, -0.2) is 32.1 Å². The lowest BCUT2D eigenvalue weighted by Crippen LogP contribution is -2.15. The minimum absolute atomic E-state index is 0.206. The average Bonchev–Trinajstić information content (AvgIpc) is 3.22. The number of hydrogen-bond donors (Lipinski definition) is 1. The molecule has 1 aliphatic heterocycles. The van der Waals surface area contributed by atoms with Gasteiger partial charge in [0.15, 0.2) is 6.61 Å². The third-order valence-electron chi connectivity index (χ3n) is 5.00. The SMILES string of the molecule is COC(=O)COc1cccc(C(=O)Nc2ccc(N3CCc4ccccc43)cc2)c1. The van der Waals surface area contributed by atoms with Crippen LogP contribution in [-0.2, 0) is 16.0 Å². The van der Waals surface area contributed by atoms with Crippen molar-refractivity contribution >= 4 is 28.9 Å². The molecule has 3 aromatic rings. The van der Waals surface area contributed by atoms with E-state index >= 15 is 0 Å². The molecule has 1 aliphatic rings. The van der Waals surface area contributed by atoms with Crippen molar-refractivity contribution in [2.24, 2.45) is 0 Å². The zero-order valence-corrected chi connectivity index (χ0v) is 16.6. The van der Waals surface area contributed by atoms with Crippen LogP contribution in [0.2, 0.25) is 0 Å². The van der Waals surface area contributed by atoms with Gasteiger partial charge in [-0.15, -0.1) is 0 Å². The Hall–Kier alpha value is -3.80. The summed E-state index contributed by atoms with van der Waals surface area (Å²) in [6, 6.07) is 22.9. The highest BCUT2D eigenvalue weighted by Crippen LogP contribution is 2.34. The van der Waals surface area contributed by atoms with Crippen LogP contribution in [0.4, 0.5) is 17.1 Å². The number of amides is 1. The van der Waals surface area contributed by atoms with Crippen molar-refractivity contribution in [3.8, 4) is 5.75 Å². The molecular formula is C24H22N2O4. The fraction of sp³-hybridized carbons (Fsp3) is 0.167. The monoisotopic (exact) mass is 402 g/mol. The molecule has 6 heteroatoms. The zero-order chi connectivity index (χ0) is 20.9. The summed E-state index contributed by atoms with van der Waals surface area (Å²) in [5.74, 6) is -0.306. The number of methoxy groups -OCH3 is 1. The second kappa shape index (κ2) is 8.69. The van der Waals surface area contributed by atoms with E-state index in [0.717, 1.165) is 18.7 Å². The number of nitrogens with zero attached hydrogens (tertiary/aromatic N) is 1. The first kappa shape index (κ1) is 19.5. The Morgan fingerprint density at radius 2 is 1.80 bits per heavy atom. The summed E-state index contributed by atoms with van der Waals surface area (Å²) in [7, 11) is 1.29. The van der Waals surface area contributed by atoms with Gasteiger partial charge >= 0.3 is 5.97 Å².